The highest BCUT2D eigenvalue weighted by Gasteiger charge is 2.32. The molecular formula is C14H26N2O3. The van der Waals surface area contributed by atoms with Crippen LogP contribution in [0, 0.1) is 5.41 Å². The molecule has 0 spiro atoms. The molecule has 0 radical (unpaired) electrons. The summed E-state index contributed by atoms with van der Waals surface area (Å²) in [6, 6.07) is -0.869. The highest BCUT2D eigenvalue weighted by Crippen LogP contribution is 2.23. The van der Waals surface area contributed by atoms with E-state index in [-0.39, 0.29) is 23.8 Å². The molecule has 1 amide bonds. The molecule has 2 atom stereocenters. The molecular weight excluding hydrogens is 244 g/mol. The van der Waals surface area contributed by atoms with Gasteiger partial charge >= 0.3 is 5.97 Å². The van der Waals surface area contributed by atoms with Gasteiger partial charge in [-0.1, -0.05) is 20.8 Å². The smallest absolute Gasteiger partial charge is 0.326 e. The average molecular weight is 270 g/mol. The molecule has 1 unspecified atom stereocenters. The predicted molar refractivity (Wildman–Crippen MR) is 73.7 cm³/mol. The van der Waals surface area contributed by atoms with E-state index in [0.717, 1.165) is 19.3 Å². The van der Waals surface area contributed by atoms with Crippen molar-refractivity contribution in [2.75, 3.05) is 6.54 Å². The minimum absolute atomic E-state index is 0.0772. The molecule has 0 aromatic carbocycles. The highest BCUT2D eigenvalue weighted by atomic mass is 16.4. The number of amides is 1. The number of carbonyl (C=O) groups is 2. The van der Waals surface area contributed by atoms with E-state index in [1.807, 2.05) is 0 Å². The van der Waals surface area contributed by atoms with Gasteiger partial charge in [-0.25, -0.2) is 4.79 Å². The lowest BCUT2D eigenvalue weighted by atomic mass is 9.87. The number of carboxylic acids is 1. The minimum atomic E-state index is -0.905. The summed E-state index contributed by atoms with van der Waals surface area (Å²) in [5, 5.41) is 9.15. The van der Waals surface area contributed by atoms with Gasteiger partial charge in [0.1, 0.15) is 6.04 Å². The standard InChI is InChI=1S/C14H26N2O3/c1-14(2,3)9-10(15)8-12(17)16-7-5-4-6-11(16)13(18)19/h10-11H,4-9,15H2,1-3H3,(H,18,19)/t10?,11-/m0/s1. The molecule has 0 saturated carbocycles. The molecule has 0 aromatic rings. The lowest BCUT2D eigenvalue weighted by Crippen LogP contribution is -2.49. The number of carboxylic acid groups (broad SMARTS) is 1. The van der Waals surface area contributed by atoms with Crippen molar-refractivity contribution in [3.8, 4) is 0 Å². The Kier molecular flexibility index (Phi) is 5.35. The van der Waals surface area contributed by atoms with Crippen molar-refractivity contribution in [3.63, 3.8) is 0 Å². The van der Waals surface area contributed by atoms with Gasteiger partial charge in [-0.2, -0.15) is 0 Å². The topological polar surface area (TPSA) is 83.6 Å². The second kappa shape index (κ2) is 6.37. The zero-order valence-electron chi connectivity index (χ0n) is 12.2. The largest absolute Gasteiger partial charge is 0.480 e. The third kappa shape index (κ3) is 5.19. The predicted octanol–water partition coefficient (Wildman–Crippen LogP) is 1.61. The van der Waals surface area contributed by atoms with E-state index in [1.165, 1.54) is 4.90 Å². The summed E-state index contributed by atoms with van der Waals surface area (Å²) in [7, 11) is 0. The van der Waals surface area contributed by atoms with Crippen LogP contribution < -0.4 is 5.73 Å². The first kappa shape index (κ1) is 16.0. The van der Waals surface area contributed by atoms with Gasteiger partial charge in [0.15, 0.2) is 0 Å². The molecule has 1 aliphatic heterocycles. The van der Waals surface area contributed by atoms with Gasteiger partial charge in [0.2, 0.25) is 5.91 Å². The normalized spacial score (nSPS) is 22.1. The van der Waals surface area contributed by atoms with Crippen molar-refractivity contribution >= 4 is 11.9 Å². The summed E-state index contributed by atoms with van der Waals surface area (Å²) in [4.78, 5) is 24.8. The maximum atomic E-state index is 12.2. The van der Waals surface area contributed by atoms with Crippen LogP contribution in [0.1, 0.15) is 52.9 Å². The molecule has 5 nitrogen and oxygen atoms in total. The first-order chi connectivity index (χ1) is 8.70. The van der Waals surface area contributed by atoms with Crippen LogP contribution in [-0.4, -0.2) is 40.5 Å². The summed E-state index contributed by atoms with van der Waals surface area (Å²) < 4.78 is 0. The van der Waals surface area contributed by atoms with E-state index in [2.05, 4.69) is 20.8 Å². The summed E-state index contributed by atoms with van der Waals surface area (Å²) in [6.07, 6.45) is 3.29. The maximum absolute atomic E-state index is 12.2. The Labute approximate surface area is 115 Å². The summed E-state index contributed by atoms with van der Waals surface area (Å²) in [5.41, 5.74) is 6.07. The van der Waals surface area contributed by atoms with Crippen molar-refractivity contribution in [1.29, 1.82) is 0 Å². The fourth-order valence-corrected chi connectivity index (χ4v) is 2.69. The number of likely N-dealkylation sites (tertiary alicyclic amines) is 1. The van der Waals surface area contributed by atoms with Crippen molar-refractivity contribution in [2.24, 2.45) is 11.1 Å². The second-order valence-electron chi connectivity index (χ2n) is 6.67. The number of aliphatic carboxylic acids is 1. The van der Waals surface area contributed by atoms with Crippen LogP contribution in [0.25, 0.3) is 0 Å². The Bertz CT molecular complexity index is 336. The van der Waals surface area contributed by atoms with Crippen molar-refractivity contribution < 1.29 is 14.7 Å². The SMILES string of the molecule is CC(C)(C)CC(N)CC(=O)N1CCCC[C@H]1C(=O)O. The number of carbonyl (C=O) groups excluding carboxylic acids is 1. The monoisotopic (exact) mass is 270 g/mol. The Morgan fingerprint density at radius 1 is 1.37 bits per heavy atom. The van der Waals surface area contributed by atoms with E-state index in [0.29, 0.717) is 13.0 Å². The van der Waals surface area contributed by atoms with Gasteiger partial charge in [0.25, 0.3) is 0 Å². The van der Waals surface area contributed by atoms with Gasteiger partial charge in [-0.05, 0) is 31.1 Å². The highest BCUT2D eigenvalue weighted by molar-refractivity contribution is 5.84. The molecule has 110 valence electrons. The van der Waals surface area contributed by atoms with Crippen molar-refractivity contribution in [2.45, 2.75) is 65.0 Å². The second-order valence-corrected chi connectivity index (χ2v) is 6.67. The molecule has 0 aromatic heterocycles. The van der Waals surface area contributed by atoms with Crippen LogP contribution in [-0.2, 0) is 9.59 Å². The fourth-order valence-electron chi connectivity index (χ4n) is 2.69. The Morgan fingerprint density at radius 3 is 2.53 bits per heavy atom. The van der Waals surface area contributed by atoms with E-state index in [4.69, 9.17) is 10.8 Å². The molecule has 3 N–H and O–H groups in total. The average Bonchev–Trinajstić information content (AvgIpc) is 2.26. The van der Waals surface area contributed by atoms with Crippen LogP contribution in [0.3, 0.4) is 0 Å². The minimum Gasteiger partial charge on any atom is -0.480 e. The lowest BCUT2D eigenvalue weighted by molar-refractivity contribution is -0.152. The third-order valence-corrected chi connectivity index (χ3v) is 3.42. The van der Waals surface area contributed by atoms with Gasteiger partial charge < -0.3 is 15.7 Å². The summed E-state index contributed by atoms with van der Waals surface area (Å²) >= 11 is 0. The van der Waals surface area contributed by atoms with E-state index >= 15 is 0 Å². The van der Waals surface area contributed by atoms with E-state index in [9.17, 15) is 9.59 Å². The molecule has 19 heavy (non-hydrogen) atoms. The van der Waals surface area contributed by atoms with Crippen LogP contribution in [0.5, 0.6) is 0 Å². The van der Waals surface area contributed by atoms with Crippen molar-refractivity contribution in [3.05, 3.63) is 0 Å². The van der Waals surface area contributed by atoms with Gasteiger partial charge in [0, 0.05) is 19.0 Å². The number of piperidine rings is 1. The third-order valence-electron chi connectivity index (χ3n) is 3.42. The Balaban J connectivity index is 2.58. The summed E-state index contributed by atoms with van der Waals surface area (Å²) in [5.74, 6) is -1.03. The summed E-state index contributed by atoms with van der Waals surface area (Å²) in [6.45, 7) is 6.78. The Hall–Kier alpha value is -1.10. The lowest BCUT2D eigenvalue weighted by Gasteiger charge is -2.34. The van der Waals surface area contributed by atoms with Crippen LogP contribution in [0.15, 0.2) is 0 Å². The molecule has 5 heteroatoms. The van der Waals surface area contributed by atoms with E-state index in [1.54, 1.807) is 0 Å². The molecule has 0 aliphatic carbocycles. The van der Waals surface area contributed by atoms with Gasteiger partial charge in [0.05, 0.1) is 0 Å². The molecule has 1 rings (SSSR count). The van der Waals surface area contributed by atoms with E-state index < -0.39 is 12.0 Å². The molecule has 1 heterocycles. The van der Waals surface area contributed by atoms with Crippen LogP contribution in [0.4, 0.5) is 0 Å². The fraction of sp³-hybridized carbons (Fsp3) is 0.857. The zero-order valence-corrected chi connectivity index (χ0v) is 12.2. The number of nitrogens with zero attached hydrogens (tertiary/aromatic N) is 1. The number of nitrogens with two attached hydrogens (primary N) is 1. The Morgan fingerprint density at radius 2 is 2.00 bits per heavy atom. The maximum Gasteiger partial charge on any atom is 0.326 e. The first-order valence-corrected chi connectivity index (χ1v) is 6.98. The number of rotatable bonds is 4. The number of hydrogen-bond donors (Lipinski definition) is 2. The van der Waals surface area contributed by atoms with Crippen molar-refractivity contribution in [1.82, 2.24) is 4.90 Å². The molecule has 1 fully saturated rings. The molecule has 1 aliphatic rings. The van der Waals surface area contributed by atoms with Crippen LogP contribution >= 0.6 is 0 Å². The quantitative estimate of drug-likeness (QED) is 0.813. The van der Waals surface area contributed by atoms with Crippen LogP contribution in [0.2, 0.25) is 0 Å². The molecule has 0 bridgehead atoms. The van der Waals surface area contributed by atoms with Gasteiger partial charge in [-0.3, -0.25) is 4.79 Å². The zero-order chi connectivity index (χ0) is 14.6. The van der Waals surface area contributed by atoms with Gasteiger partial charge in [-0.15, -0.1) is 0 Å². The molecule has 1 saturated heterocycles. The number of hydrogen-bond acceptors (Lipinski definition) is 3. The first-order valence-electron chi connectivity index (χ1n) is 6.98.